The van der Waals surface area contributed by atoms with Crippen LogP contribution in [0.4, 0.5) is 4.39 Å². The van der Waals surface area contributed by atoms with Crippen molar-refractivity contribution in [1.82, 2.24) is 4.98 Å². The van der Waals surface area contributed by atoms with E-state index in [1.54, 1.807) is 6.07 Å². The Balaban J connectivity index is 2.07. The van der Waals surface area contributed by atoms with Crippen molar-refractivity contribution in [1.29, 1.82) is 0 Å². The second-order valence-corrected chi connectivity index (χ2v) is 7.60. The van der Waals surface area contributed by atoms with Crippen LogP contribution in [-0.4, -0.2) is 4.98 Å². The molecule has 0 amide bonds. The molecular formula is C25H24FN. The summed E-state index contributed by atoms with van der Waals surface area (Å²) in [6, 6.07) is 16.4. The van der Waals surface area contributed by atoms with Gasteiger partial charge in [-0.05, 0) is 78.2 Å². The molecule has 0 aliphatic rings. The fourth-order valence-corrected chi connectivity index (χ4v) is 3.97. The van der Waals surface area contributed by atoms with Gasteiger partial charge >= 0.3 is 0 Å². The quantitative estimate of drug-likeness (QED) is 0.350. The van der Waals surface area contributed by atoms with Crippen LogP contribution in [-0.2, 0) is 0 Å². The normalized spacial score (nSPS) is 12.6. The number of aryl methyl sites for hydroxylation is 2. The molecule has 27 heavy (non-hydrogen) atoms. The number of rotatable bonds is 3. The Morgan fingerprint density at radius 3 is 2.33 bits per heavy atom. The molecule has 4 rings (SSSR count). The highest BCUT2D eigenvalue weighted by Gasteiger charge is 2.15. The van der Waals surface area contributed by atoms with Crippen LogP contribution in [0.1, 0.15) is 42.9 Å². The Bertz CT molecular complexity index is 1140. The molecule has 0 spiro atoms. The molecule has 0 N–H and O–H groups in total. The van der Waals surface area contributed by atoms with Crippen LogP contribution in [0.15, 0.2) is 54.7 Å². The Morgan fingerprint density at radius 1 is 0.926 bits per heavy atom. The van der Waals surface area contributed by atoms with E-state index in [1.807, 2.05) is 18.3 Å². The molecule has 3 aromatic carbocycles. The van der Waals surface area contributed by atoms with E-state index in [9.17, 15) is 4.39 Å². The third-order valence-electron chi connectivity index (χ3n) is 5.50. The number of nitrogens with zero attached hydrogens (tertiary/aromatic N) is 1. The topological polar surface area (TPSA) is 12.9 Å². The summed E-state index contributed by atoms with van der Waals surface area (Å²) in [4.78, 5) is 4.69. The van der Waals surface area contributed by atoms with Crippen molar-refractivity contribution in [2.75, 3.05) is 0 Å². The minimum absolute atomic E-state index is 0.125. The monoisotopic (exact) mass is 357 g/mol. The van der Waals surface area contributed by atoms with Crippen molar-refractivity contribution in [3.63, 3.8) is 0 Å². The number of hydrogen-bond acceptors (Lipinski definition) is 1. The second kappa shape index (κ2) is 6.77. The summed E-state index contributed by atoms with van der Waals surface area (Å²) >= 11 is 0. The summed E-state index contributed by atoms with van der Waals surface area (Å²) in [6.45, 7) is 8.36. The first-order chi connectivity index (χ1) is 13.0. The summed E-state index contributed by atoms with van der Waals surface area (Å²) in [6.07, 6.45) is 2.76. The van der Waals surface area contributed by atoms with Crippen LogP contribution >= 0.6 is 0 Å². The molecule has 0 saturated heterocycles. The van der Waals surface area contributed by atoms with Gasteiger partial charge in [-0.2, -0.15) is 0 Å². The summed E-state index contributed by atoms with van der Waals surface area (Å²) < 4.78 is 14.9. The Kier molecular flexibility index (Phi) is 4.43. The molecule has 4 aromatic rings. The maximum absolute atomic E-state index is 14.9. The SMILES string of the molecule is CCC(C)c1cc2ccc3ccnc(-c4cc(C)cc(C)c4)c3c2cc1F. The number of halogens is 1. The van der Waals surface area contributed by atoms with Crippen molar-refractivity contribution >= 4 is 21.5 Å². The smallest absolute Gasteiger partial charge is 0.127 e. The summed E-state index contributed by atoms with van der Waals surface area (Å²) in [5.41, 5.74) is 5.20. The predicted octanol–water partition coefficient (Wildman–Crippen LogP) is 7.32. The molecule has 0 aliphatic heterocycles. The molecule has 0 aliphatic carbocycles. The molecule has 0 fully saturated rings. The van der Waals surface area contributed by atoms with Crippen molar-refractivity contribution in [2.24, 2.45) is 0 Å². The van der Waals surface area contributed by atoms with Crippen LogP contribution in [0.25, 0.3) is 32.8 Å². The Morgan fingerprint density at radius 2 is 1.63 bits per heavy atom. The number of hydrogen-bond donors (Lipinski definition) is 0. The molecule has 0 saturated carbocycles. The highest BCUT2D eigenvalue weighted by atomic mass is 19.1. The first-order valence-corrected chi connectivity index (χ1v) is 9.57. The van der Waals surface area contributed by atoms with Gasteiger partial charge in [-0.3, -0.25) is 4.98 Å². The van der Waals surface area contributed by atoms with Gasteiger partial charge in [-0.15, -0.1) is 0 Å². The fourth-order valence-electron chi connectivity index (χ4n) is 3.97. The molecule has 2 heteroatoms. The maximum atomic E-state index is 14.9. The molecular weight excluding hydrogens is 333 g/mol. The van der Waals surface area contributed by atoms with E-state index in [0.29, 0.717) is 0 Å². The van der Waals surface area contributed by atoms with Gasteiger partial charge in [0.15, 0.2) is 0 Å². The van der Waals surface area contributed by atoms with Crippen molar-refractivity contribution in [3.05, 3.63) is 77.2 Å². The number of fused-ring (bicyclic) bond motifs is 3. The lowest BCUT2D eigenvalue weighted by molar-refractivity contribution is 0.586. The zero-order valence-corrected chi connectivity index (χ0v) is 16.3. The van der Waals surface area contributed by atoms with Crippen molar-refractivity contribution in [2.45, 2.75) is 40.0 Å². The van der Waals surface area contributed by atoms with Gasteiger partial charge < -0.3 is 0 Å². The molecule has 1 atom stereocenters. The van der Waals surface area contributed by atoms with Gasteiger partial charge in [0.2, 0.25) is 0 Å². The molecule has 1 heterocycles. The van der Waals surface area contributed by atoms with Crippen LogP contribution in [0, 0.1) is 19.7 Å². The first kappa shape index (κ1) is 17.7. The molecule has 0 radical (unpaired) electrons. The predicted molar refractivity (Wildman–Crippen MR) is 113 cm³/mol. The summed E-state index contributed by atoms with van der Waals surface area (Å²) in [5, 5.41) is 4.11. The Labute approximate surface area is 159 Å². The Hall–Kier alpha value is -2.74. The second-order valence-electron chi connectivity index (χ2n) is 7.60. The van der Waals surface area contributed by atoms with E-state index in [1.165, 1.54) is 11.1 Å². The summed E-state index contributed by atoms with van der Waals surface area (Å²) in [5.74, 6) is 0.0810. The molecule has 1 aromatic heterocycles. The largest absolute Gasteiger partial charge is 0.256 e. The van der Waals surface area contributed by atoms with Gasteiger partial charge in [0, 0.05) is 17.1 Å². The molecule has 1 nitrogen and oxygen atoms in total. The lowest BCUT2D eigenvalue weighted by Crippen LogP contribution is -1.97. The number of benzene rings is 3. The third kappa shape index (κ3) is 3.10. The minimum Gasteiger partial charge on any atom is -0.256 e. The van der Waals surface area contributed by atoms with Gasteiger partial charge in [-0.25, -0.2) is 4.39 Å². The molecule has 0 bridgehead atoms. The van der Waals surface area contributed by atoms with Gasteiger partial charge in [0.25, 0.3) is 0 Å². The molecule has 136 valence electrons. The highest BCUT2D eigenvalue weighted by Crippen LogP contribution is 2.36. The van der Waals surface area contributed by atoms with Crippen LogP contribution in [0.5, 0.6) is 0 Å². The van der Waals surface area contributed by atoms with Gasteiger partial charge in [0.05, 0.1) is 5.69 Å². The van der Waals surface area contributed by atoms with Crippen LogP contribution in [0.3, 0.4) is 0 Å². The van der Waals surface area contributed by atoms with Crippen molar-refractivity contribution in [3.8, 4) is 11.3 Å². The van der Waals surface area contributed by atoms with E-state index in [4.69, 9.17) is 4.98 Å². The minimum atomic E-state index is -0.125. The van der Waals surface area contributed by atoms with E-state index < -0.39 is 0 Å². The number of pyridine rings is 1. The highest BCUT2D eigenvalue weighted by molar-refractivity contribution is 6.13. The molecule has 1 unspecified atom stereocenters. The first-order valence-electron chi connectivity index (χ1n) is 9.57. The average Bonchev–Trinajstić information content (AvgIpc) is 2.65. The van der Waals surface area contributed by atoms with Gasteiger partial charge in [-0.1, -0.05) is 43.2 Å². The van der Waals surface area contributed by atoms with Crippen molar-refractivity contribution < 1.29 is 4.39 Å². The lowest BCUT2D eigenvalue weighted by Gasteiger charge is -2.15. The lowest BCUT2D eigenvalue weighted by atomic mass is 9.92. The number of aromatic nitrogens is 1. The van der Waals surface area contributed by atoms with E-state index in [0.717, 1.165) is 44.8 Å². The zero-order chi connectivity index (χ0) is 19.1. The van der Waals surface area contributed by atoms with E-state index in [-0.39, 0.29) is 11.7 Å². The van der Waals surface area contributed by atoms with E-state index >= 15 is 0 Å². The third-order valence-corrected chi connectivity index (χ3v) is 5.50. The van der Waals surface area contributed by atoms with E-state index in [2.05, 4.69) is 58.0 Å². The maximum Gasteiger partial charge on any atom is 0.127 e. The van der Waals surface area contributed by atoms with Crippen LogP contribution < -0.4 is 0 Å². The van der Waals surface area contributed by atoms with Gasteiger partial charge in [0.1, 0.15) is 5.82 Å². The average molecular weight is 357 g/mol. The zero-order valence-electron chi connectivity index (χ0n) is 16.3. The summed E-state index contributed by atoms with van der Waals surface area (Å²) in [7, 11) is 0. The fraction of sp³-hybridized carbons (Fsp3) is 0.240. The van der Waals surface area contributed by atoms with Crippen LogP contribution in [0.2, 0.25) is 0 Å². The standard InChI is InChI=1S/C25H24FN/c1-5-17(4)21-13-19-7-6-18-8-9-27-25(24(18)22(19)14-23(21)26)20-11-15(2)10-16(3)12-20/h6-14,17H,5H2,1-4H3.